The fourth-order valence-corrected chi connectivity index (χ4v) is 4.34. The second-order valence-electron chi connectivity index (χ2n) is 8.13. The molecule has 1 aromatic heterocycles. The van der Waals surface area contributed by atoms with Gasteiger partial charge in [-0.05, 0) is 18.2 Å². The number of para-hydroxylation sites is 1. The van der Waals surface area contributed by atoms with Crippen LogP contribution in [0.4, 0.5) is 10.5 Å². The number of nitro benzene ring substituents is 1. The van der Waals surface area contributed by atoms with E-state index >= 15 is 0 Å². The number of carboxylic acid groups (broad SMARTS) is 1. The third-order valence-corrected chi connectivity index (χ3v) is 6.15. The number of fused-ring (bicyclic) bond motifs is 2. The van der Waals surface area contributed by atoms with Crippen LogP contribution < -0.4 is 4.74 Å². The number of rotatable bonds is 4. The molecule has 0 unspecified atom stereocenters. The third kappa shape index (κ3) is 3.61. The lowest BCUT2D eigenvalue weighted by Crippen LogP contribution is -2.47. The van der Waals surface area contributed by atoms with Crippen LogP contribution in [0.3, 0.4) is 0 Å². The molecule has 0 bridgehead atoms. The molecule has 3 aromatic rings. The minimum Gasteiger partial charge on any atom is -0.507 e. The number of benzene rings is 2. The molecule has 3 heterocycles. The number of H-pyrrole nitrogens is 1. The van der Waals surface area contributed by atoms with Crippen LogP contribution in [-0.4, -0.2) is 68.0 Å². The predicted molar refractivity (Wildman–Crippen MR) is 121 cm³/mol. The minimum atomic E-state index is -0.963. The SMILES string of the molecule is O=C1/C(=C/c2c[nH]c3c([N+](=O)[O-])cccc23)Oc2c1ccc(O)c2CN1CCN(C(=O)O)CC1. The lowest BCUT2D eigenvalue weighted by molar-refractivity contribution is -0.383. The summed E-state index contributed by atoms with van der Waals surface area (Å²) in [5, 5.41) is 31.5. The molecule has 0 aliphatic carbocycles. The van der Waals surface area contributed by atoms with Crippen molar-refractivity contribution in [3.05, 3.63) is 69.1 Å². The van der Waals surface area contributed by atoms with Gasteiger partial charge in [0.2, 0.25) is 5.78 Å². The quantitative estimate of drug-likeness (QED) is 0.303. The molecule has 0 saturated carbocycles. The molecule has 2 aromatic carbocycles. The number of hydrogen-bond acceptors (Lipinski definition) is 7. The first kappa shape index (κ1) is 21.5. The molecule has 11 heteroatoms. The molecule has 0 radical (unpaired) electrons. The number of aromatic amines is 1. The molecular weight excluding hydrogens is 444 g/mol. The van der Waals surface area contributed by atoms with Gasteiger partial charge in [-0.2, -0.15) is 0 Å². The first-order chi connectivity index (χ1) is 16.3. The maximum Gasteiger partial charge on any atom is 0.407 e. The van der Waals surface area contributed by atoms with Gasteiger partial charge in [-0.25, -0.2) is 4.79 Å². The number of aromatic nitrogens is 1. The van der Waals surface area contributed by atoms with Crippen LogP contribution in [0.5, 0.6) is 11.5 Å². The highest BCUT2D eigenvalue weighted by Gasteiger charge is 2.32. The number of nitro groups is 1. The van der Waals surface area contributed by atoms with Crippen LogP contribution in [-0.2, 0) is 6.54 Å². The van der Waals surface area contributed by atoms with Gasteiger partial charge in [-0.3, -0.25) is 19.8 Å². The van der Waals surface area contributed by atoms with Crippen molar-refractivity contribution in [3.63, 3.8) is 0 Å². The lowest BCUT2D eigenvalue weighted by atomic mass is 10.0. The Morgan fingerprint density at radius 2 is 1.97 bits per heavy atom. The predicted octanol–water partition coefficient (Wildman–Crippen LogP) is 3.19. The Morgan fingerprint density at radius 3 is 2.68 bits per heavy atom. The largest absolute Gasteiger partial charge is 0.507 e. The Balaban J connectivity index is 1.44. The van der Waals surface area contributed by atoms with Crippen LogP contribution in [0.2, 0.25) is 0 Å². The smallest absolute Gasteiger partial charge is 0.407 e. The molecule has 174 valence electrons. The number of nitrogens with zero attached hydrogens (tertiary/aromatic N) is 3. The van der Waals surface area contributed by atoms with Gasteiger partial charge >= 0.3 is 6.09 Å². The molecule has 0 spiro atoms. The van der Waals surface area contributed by atoms with E-state index < -0.39 is 11.0 Å². The second kappa shape index (κ2) is 8.19. The van der Waals surface area contributed by atoms with Crippen molar-refractivity contribution in [1.29, 1.82) is 0 Å². The monoisotopic (exact) mass is 464 g/mol. The molecule has 1 fully saturated rings. The van der Waals surface area contributed by atoms with Crippen LogP contribution in [0.25, 0.3) is 17.0 Å². The fourth-order valence-electron chi connectivity index (χ4n) is 4.34. The summed E-state index contributed by atoms with van der Waals surface area (Å²) in [6, 6.07) is 7.63. The molecule has 5 rings (SSSR count). The van der Waals surface area contributed by atoms with Crippen LogP contribution in [0, 0.1) is 10.1 Å². The van der Waals surface area contributed by atoms with E-state index in [1.165, 1.54) is 29.2 Å². The minimum absolute atomic E-state index is 0.0174. The first-order valence-electron chi connectivity index (χ1n) is 10.6. The van der Waals surface area contributed by atoms with Gasteiger partial charge in [0.25, 0.3) is 5.69 Å². The van der Waals surface area contributed by atoms with Crippen molar-refractivity contribution >= 4 is 34.5 Å². The average molecular weight is 464 g/mol. The summed E-state index contributed by atoms with van der Waals surface area (Å²) in [5.74, 6) is -0.0596. The maximum absolute atomic E-state index is 13.0. The number of piperazine rings is 1. The number of carbonyl (C=O) groups is 2. The van der Waals surface area contributed by atoms with Gasteiger partial charge in [-0.1, -0.05) is 12.1 Å². The summed E-state index contributed by atoms with van der Waals surface area (Å²) in [4.78, 5) is 41.2. The molecule has 11 nitrogen and oxygen atoms in total. The molecule has 1 saturated heterocycles. The van der Waals surface area contributed by atoms with Gasteiger partial charge in [0.1, 0.15) is 17.0 Å². The number of non-ortho nitro benzene ring substituents is 1. The molecule has 2 aliphatic rings. The first-order valence-corrected chi connectivity index (χ1v) is 10.6. The van der Waals surface area contributed by atoms with E-state index in [2.05, 4.69) is 4.98 Å². The van der Waals surface area contributed by atoms with Gasteiger partial charge < -0.3 is 24.8 Å². The standard InChI is InChI=1S/C23H20N4O7/c28-18-5-4-15-21(29)19(10-13-11-24-20-14(13)2-1-3-17(20)27(32)33)34-22(15)16(18)12-25-6-8-26(9-7-25)23(30)31/h1-5,10-11,24,28H,6-9,12H2,(H,30,31)/b19-10-. The van der Waals surface area contributed by atoms with E-state index in [4.69, 9.17) is 9.84 Å². The summed E-state index contributed by atoms with van der Waals surface area (Å²) in [6.45, 7) is 1.97. The van der Waals surface area contributed by atoms with Gasteiger partial charge in [0.15, 0.2) is 5.76 Å². The number of ketones is 1. The van der Waals surface area contributed by atoms with E-state index in [9.17, 15) is 24.8 Å². The Kier molecular flexibility index (Phi) is 5.17. The summed E-state index contributed by atoms with van der Waals surface area (Å²) in [6.07, 6.45) is 2.14. The van der Waals surface area contributed by atoms with Crippen LogP contribution in [0.1, 0.15) is 21.5 Å². The zero-order valence-electron chi connectivity index (χ0n) is 17.9. The summed E-state index contributed by atoms with van der Waals surface area (Å²) >= 11 is 0. The van der Waals surface area contributed by atoms with Crippen molar-refractivity contribution in [3.8, 4) is 11.5 Å². The summed E-state index contributed by atoms with van der Waals surface area (Å²) in [7, 11) is 0. The number of aromatic hydroxyl groups is 1. The molecule has 3 N–H and O–H groups in total. The highest BCUT2D eigenvalue weighted by Crippen LogP contribution is 2.40. The van der Waals surface area contributed by atoms with Crippen molar-refractivity contribution < 1.29 is 29.5 Å². The van der Waals surface area contributed by atoms with E-state index in [0.29, 0.717) is 60.3 Å². The lowest BCUT2D eigenvalue weighted by Gasteiger charge is -2.33. The molecule has 1 amide bonds. The van der Waals surface area contributed by atoms with Gasteiger partial charge in [0.05, 0.1) is 16.1 Å². The van der Waals surface area contributed by atoms with E-state index in [1.54, 1.807) is 18.3 Å². The summed E-state index contributed by atoms with van der Waals surface area (Å²) < 4.78 is 5.90. The van der Waals surface area contributed by atoms with Crippen molar-refractivity contribution in [1.82, 2.24) is 14.8 Å². The normalized spacial score (nSPS) is 17.2. The zero-order valence-corrected chi connectivity index (χ0v) is 17.9. The number of ether oxygens (including phenoxy) is 1. The van der Waals surface area contributed by atoms with E-state index in [-0.39, 0.29) is 28.7 Å². The number of amides is 1. The Morgan fingerprint density at radius 1 is 1.21 bits per heavy atom. The van der Waals surface area contributed by atoms with Crippen LogP contribution >= 0.6 is 0 Å². The molecule has 2 aliphatic heterocycles. The summed E-state index contributed by atoms with van der Waals surface area (Å²) in [5.41, 5.74) is 1.60. The third-order valence-electron chi connectivity index (χ3n) is 6.15. The number of nitrogens with one attached hydrogen (secondary N) is 1. The maximum atomic E-state index is 13.0. The highest BCUT2D eigenvalue weighted by molar-refractivity contribution is 6.15. The van der Waals surface area contributed by atoms with Crippen LogP contribution in [0.15, 0.2) is 42.3 Å². The highest BCUT2D eigenvalue weighted by atomic mass is 16.6. The van der Waals surface area contributed by atoms with Gasteiger partial charge in [-0.15, -0.1) is 0 Å². The Hall–Kier alpha value is -4.38. The zero-order chi connectivity index (χ0) is 24.0. The van der Waals surface area contributed by atoms with Crippen molar-refractivity contribution in [2.24, 2.45) is 0 Å². The Bertz CT molecular complexity index is 1370. The second-order valence-corrected chi connectivity index (χ2v) is 8.13. The topological polar surface area (TPSA) is 149 Å². The van der Waals surface area contributed by atoms with Crippen molar-refractivity contribution in [2.75, 3.05) is 26.2 Å². The number of Topliss-reactive ketones (excluding diaryl/α,β-unsaturated/α-hetero) is 1. The number of phenols is 1. The number of allylic oxidation sites excluding steroid dienone is 1. The van der Waals surface area contributed by atoms with Gasteiger partial charge in [0, 0.05) is 55.9 Å². The van der Waals surface area contributed by atoms with E-state index in [0.717, 1.165) is 0 Å². The van der Waals surface area contributed by atoms with Crippen molar-refractivity contribution in [2.45, 2.75) is 6.54 Å². The Labute approximate surface area is 192 Å². The fraction of sp³-hybridized carbons (Fsp3) is 0.217. The molecule has 34 heavy (non-hydrogen) atoms. The molecular formula is C23H20N4O7. The molecule has 0 atom stereocenters. The number of hydrogen-bond donors (Lipinski definition) is 3. The van der Waals surface area contributed by atoms with E-state index in [1.807, 2.05) is 4.90 Å². The average Bonchev–Trinajstić information content (AvgIpc) is 3.37. The number of phenolic OH excluding ortho intramolecular Hbond substituents is 1. The number of carbonyl (C=O) groups excluding carboxylic acids is 1.